The zero-order valence-electron chi connectivity index (χ0n) is 12.1. The summed E-state index contributed by atoms with van der Waals surface area (Å²) in [5, 5.41) is 15.7. The summed E-state index contributed by atoms with van der Waals surface area (Å²) >= 11 is 1.44. The Morgan fingerprint density at radius 1 is 1.52 bits per heavy atom. The number of nitrogens with zero attached hydrogens (tertiary/aromatic N) is 2. The Hall–Kier alpha value is -2.03. The quantitative estimate of drug-likeness (QED) is 0.886. The van der Waals surface area contributed by atoms with Crippen LogP contribution in [0.2, 0.25) is 0 Å². The molecule has 3 heterocycles. The highest BCUT2D eigenvalue weighted by Gasteiger charge is 2.47. The number of hydrogen-bond donors (Lipinski definition) is 2. The number of rotatable bonds is 3. The molecule has 2 N–H and O–H groups in total. The molecular weight excluding hydrogens is 331 g/mol. The van der Waals surface area contributed by atoms with E-state index in [9.17, 15) is 18.0 Å². The molecule has 5 nitrogen and oxygen atoms in total. The summed E-state index contributed by atoms with van der Waals surface area (Å²) in [6.07, 6.45) is -2.96. The average molecular weight is 345 g/mol. The number of nitrogens with one attached hydrogen (secondary N) is 1. The van der Waals surface area contributed by atoms with Crippen LogP contribution in [0.3, 0.4) is 0 Å². The number of anilines is 1. The van der Waals surface area contributed by atoms with Crippen molar-refractivity contribution in [2.75, 3.05) is 5.32 Å². The number of carbonyl (C=O) groups is 1. The first-order valence-electron chi connectivity index (χ1n) is 7.04. The number of carboxylic acid groups (broad SMARTS) is 1. The fourth-order valence-corrected chi connectivity index (χ4v) is 3.69. The second-order valence-corrected chi connectivity index (χ2v) is 6.50. The van der Waals surface area contributed by atoms with Crippen LogP contribution in [0.1, 0.15) is 45.5 Å². The summed E-state index contributed by atoms with van der Waals surface area (Å²) in [4.78, 5) is 13.0. The van der Waals surface area contributed by atoms with E-state index in [1.807, 2.05) is 13.0 Å². The number of aromatic carboxylic acids is 1. The summed E-state index contributed by atoms with van der Waals surface area (Å²) in [7, 11) is 0. The number of fused-ring (bicyclic) bond motifs is 1. The molecule has 0 saturated heterocycles. The van der Waals surface area contributed by atoms with Crippen LogP contribution in [-0.2, 0) is 6.42 Å². The maximum atomic E-state index is 13.4. The first-order chi connectivity index (χ1) is 10.8. The van der Waals surface area contributed by atoms with E-state index < -0.39 is 24.2 Å². The molecule has 0 fully saturated rings. The zero-order chi connectivity index (χ0) is 16.8. The molecule has 1 aliphatic rings. The molecule has 0 aliphatic carbocycles. The predicted octanol–water partition coefficient (Wildman–Crippen LogP) is 3.87. The molecule has 0 radical (unpaired) electrons. The molecule has 0 bridgehead atoms. The van der Waals surface area contributed by atoms with E-state index in [4.69, 9.17) is 5.11 Å². The van der Waals surface area contributed by atoms with Gasteiger partial charge in [0.05, 0.1) is 12.2 Å². The van der Waals surface area contributed by atoms with Crippen molar-refractivity contribution >= 4 is 23.1 Å². The van der Waals surface area contributed by atoms with Crippen molar-refractivity contribution in [3.63, 3.8) is 0 Å². The Morgan fingerprint density at radius 3 is 2.83 bits per heavy atom. The van der Waals surface area contributed by atoms with Gasteiger partial charge in [-0.05, 0) is 18.6 Å². The first kappa shape index (κ1) is 15.9. The zero-order valence-corrected chi connectivity index (χ0v) is 12.9. The lowest BCUT2D eigenvalue weighted by molar-refractivity contribution is -0.173. The van der Waals surface area contributed by atoms with Gasteiger partial charge in [0.1, 0.15) is 11.4 Å². The lowest BCUT2D eigenvalue weighted by Gasteiger charge is -2.33. The highest BCUT2D eigenvalue weighted by molar-refractivity contribution is 7.12. The van der Waals surface area contributed by atoms with E-state index in [0.29, 0.717) is 0 Å². The smallest absolute Gasteiger partial charge is 0.410 e. The van der Waals surface area contributed by atoms with Gasteiger partial charge in [-0.3, -0.25) is 0 Å². The second kappa shape index (κ2) is 5.55. The Balaban J connectivity index is 2.03. The Bertz CT molecular complexity index is 738. The van der Waals surface area contributed by atoms with E-state index in [1.165, 1.54) is 11.3 Å². The number of carboxylic acids is 1. The van der Waals surface area contributed by atoms with Crippen LogP contribution in [0, 0.1) is 0 Å². The van der Waals surface area contributed by atoms with Crippen LogP contribution in [0.5, 0.6) is 0 Å². The molecule has 9 heteroatoms. The second-order valence-electron chi connectivity index (χ2n) is 5.30. The van der Waals surface area contributed by atoms with E-state index in [-0.39, 0.29) is 17.8 Å². The Labute approximate surface area is 133 Å². The molecule has 0 unspecified atom stereocenters. The van der Waals surface area contributed by atoms with E-state index >= 15 is 0 Å². The van der Waals surface area contributed by atoms with Gasteiger partial charge in [-0.25, -0.2) is 9.48 Å². The number of aryl methyl sites for hydroxylation is 1. The fraction of sp³-hybridized carbons (Fsp3) is 0.429. The van der Waals surface area contributed by atoms with E-state index in [2.05, 4.69) is 10.4 Å². The summed E-state index contributed by atoms with van der Waals surface area (Å²) in [5.74, 6) is -1.40. The molecule has 2 aromatic rings. The van der Waals surface area contributed by atoms with Crippen molar-refractivity contribution in [2.45, 2.75) is 38.0 Å². The molecule has 0 saturated carbocycles. The normalized spacial score (nSPS) is 20.9. The maximum Gasteiger partial charge on any atom is 0.410 e. The van der Waals surface area contributed by atoms with Gasteiger partial charge in [0.2, 0.25) is 0 Å². The number of thiophene rings is 1. The van der Waals surface area contributed by atoms with Crippen LogP contribution < -0.4 is 5.32 Å². The lowest BCUT2D eigenvalue weighted by atomic mass is 10.0. The van der Waals surface area contributed by atoms with Crippen molar-refractivity contribution in [1.82, 2.24) is 9.78 Å². The van der Waals surface area contributed by atoms with Gasteiger partial charge in [-0.15, -0.1) is 11.3 Å². The highest BCUT2D eigenvalue weighted by Crippen LogP contribution is 2.45. The SMILES string of the molecule is CCc1ccc([C@@H]2C[C@@H](C(F)(F)F)n3ncc(C(=O)O)c3N2)s1. The van der Waals surface area contributed by atoms with Crippen LogP contribution >= 0.6 is 11.3 Å². The van der Waals surface area contributed by atoms with Gasteiger partial charge in [0, 0.05) is 16.2 Å². The van der Waals surface area contributed by atoms with E-state index in [0.717, 1.165) is 27.1 Å². The van der Waals surface area contributed by atoms with Gasteiger partial charge >= 0.3 is 12.1 Å². The van der Waals surface area contributed by atoms with Gasteiger partial charge < -0.3 is 10.4 Å². The average Bonchev–Trinajstić information content (AvgIpc) is 3.11. The monoisotopic (exact) mass is 345 g/mol. The number of aromatic nitrogens is 2. The van der Waals surface area contributed by atoms with Crippen LogP contribution in [-0.4, -0.2) is 27.0 Å². The molecule has 0 spiro atoms. The maximum absolute atomic E-state index is 13.4. The minimum atomic E-state index is -4.50. The number of hydrogen-bond acceptors (Lipinski definition) is 4. The minimum Gasteiger partial charge on any atom is -0.477 e. The van der Waals surface area contributed by atoms with Crippen molar-refractivity contribution < 1.29 is 23.1 Å². The number of alkyl halides is 3. The lowest BCUT2D eigenvalue weighted by Crippen LogP contribution is -2.35. The summed E-state index contributed by atoms with van der Waals surface area (Å²) in [6.45, 7) is 1.97. The molecular formula is C14H14F3N3O2S. The van der Waals surface area contributed by atoms with E-state index in [1.54, 1.807) is 6.07 Å². The predicted molar refractivity (Wildman–Crippen MR) is 79.0 cm³/mol. The highest BCUT2D eigenvalue weighted by atomic mass is 32.1. The molecule has 2 aromatic heterocycles. The molecule has 1 aliphatic heterocycles. The largest absolute Gasteiger partial charge is 0.477 e. The summed E-state index contributed by atoms with van der Waals surface area (Å²) < 4.78 is 40.8. The van der Waals surface area contributed by atoms with Gasteiger partial charge in [0.25, 0.3) is 0 Å². The minimum absolute atomic E-state index is 0.0949. The topological polar surface area (TPSA) is 67.2 Å². The van der Waals surface area contributed by atoms with Crippen molar-refractivity contribution in [3.05, 3.63) is 33.6 Å². The number of halogens is 3. The van der Waals surface area contributed by atoms with Crippen molar-refractivity contribution in [3.8, 4) is 0 Å². The molecule has 23 heavy (non-hydrogen) atoms. The molecule has 2 atom stereocenters. The molecule has 124 valence electrons. The van der Waals surface area contributed by atoms with Gasteiger partial charge in [0.15, 0.2) is 6.04 Å². The Morgan fingerprint density at radius 2 is 2.26 bits per heavy atom. The summed E-state index contributed by atoms with van der Waals surface area (Å²) in [6, 6.07) is 1.24. The van der Waals surface area contributed by atoms with Gasteiger partial charge in [-0.1, -0.05) is 6.92 Å². The van der Waals surface area contributed by atoms with Crippen molar-refractivity contribution in [1.29, 1.82) is 0 Å². The first-order valence-corrected chi connectivity index (χ1v) is 7.85. The van der Waals surface area contributed by atoms with Crippen LogP contribution in [0.4, 0.5) is 19.0 Å². The fourth-order valence-electron chi connectivity index (χ4n) is 2.68. The third-order valence-corrected chi connectivity index (χ3v) is 5.19. The van der Waals surface area contributed by atoms with Crippen LogP contribution in [0.15, 0.2) is 18.3 Å². The molecule has 0 aromatic carbocycles. The third kappa shape index (κ3) is 2.80. The molecule has 0 amide bonds. The molecule has 3 rings (SSSR count). The standard InChI is InChI=1S/C14H14F3N3O2S/c1-2-7-3-4-10(23-7)9-5-11(14(15,16)17)20-12(19-9)8(6-18-20)13(21)22/h3-4,6,9,11,19H,2,5H2,1H3,(H,21,22)/t9-,11-/m0/s1. The van der Waals surface area contributed by atoms with Crippen LogP contribution in [0.25, 0.3) is 0 Å². The van der Waals surface area contributed by atoms with Gasteiger partial charge in [-0.2, -0.15) is 18.3 Å². The van der Waals surface area contributed by atoms with Crippen molar-refractivity contribution in [2.24, 2.45) is 0 Å². The third-order valence-electron chi connectivity index (χ3n) is 3.84. The Kier molecular flexibility index (Phi) is 3.83. The summed E-state index contributed by atoms with van der Waals surface area (Å²) in [5.41, 5.74) is -0.253.